The van der Waals surface area contributed by atoms with E-state index in [9.17, 15) is 18.3 Å². The van der Waals surface area contributed by atoms with E-state index < -0.39 is 17.5 Å². The molecule has 3 aromatic rings. The first-order valence-corrected chi connectivity index (χ1v) is 9.16. The SMILES string of the molecule is CC(C)(O)CNc1cc(Nc2ccnc(C(F)(F)F)c2)nc(-c2cccc(Cl)n2)n1. The number of hydrogen-bond acceptors (Lipinski definition) is 7. The summed E-state index contributed by atoms with van der Waals surface area (Å²) in [7, 11) is 0. The van der Waals surface area contributed by atoms with Crippen LogP contribution in [0.3, 0.4) is 0 Å². The second-order valence-electron chi connectivity index (χ2n) is 7.03. The fourth-order valence-corrected chi connectivity index (χ4v) is 2.53. The molecular weight excluding hydrogens is 421 g/mol. The van der Waals surface area contributed by atoms with Crippen molar-refractivity contribution in [1.29, 1.82) is 0 Å². The molecular formula is C19H18ClF3N6O. The van der Waals surface area contributed by atoms with E-state index in [2.05, 4.69) is 30.6 Å². The Morgan fingerprint density at radius 2 is 1.77 bits per heavy atom. The standard InChI is InChI=1S/C19H18ClF3N6O/c1-18(2,30)10-25-15-9-16(26-11-6-7-24-13(8-11)19(21,22)23)29-17(28-15)12-4-3-5-14(20)27-12/h3-9,30H,10H2,1-2H3,(H2,24,25,26,28,29). The molecule has 0 saturated heterocycles. The van der Waals surface area contributed by atoms with Gasteiger partial charge in [-0.2, -0.15) is 13.2 Å². The quantitative estimate of drug-likeness (QED) is 0.486. The molecule has 0 aromatic carbocycles. The van der Waals surface area contributed by atoms with Gasteiger partial charge in [-0.05, 0) is 38.1 Å². The van der Waals surface area contributed by atoms with Crippen molar-refractivity contribution in [3.8, 4) is 11.5 Å². The van der Waals surface area contributed by atoms with Crippen molar-refractivity contribution in [2.75, 3.05) is 17.2 Å². The Morgan fingerprint density at radius 1 is 1.03 bits per heavy atom. The van der Waals surface area contributed by atoms with Crippen molar-refractivity contribution < 1.29 is 18.3 Å². The van der Waals surface area contributed by atoms with Gasteiger partial charge in [0.15, 0.2) is 5.82 Å². The Hall–Kier alpha value is -2.98. The number of aromatic nitrogens is 4. The van der Waals surface area contributed by atoms with Crippen LogP contribution in [0.25, 0.3) is 11.5 Å². The minimum absolute atomic E-state index is 0.148. The van der Waals surface area contributed by atoms with Crippen molar-refractivity contribution in [2.24, 2.45) is 0 Å². The summed E-state index contributed by atoms with van der Waals surface area (Å²) >= 11 is 5.94. The molecule has 3 N–H and O–H groups in total. The molecule has 0 bridgehead atoms. The molecule has 0 spiro atoms. The third-order valence-corrected chi connectivity index (χ3v) is 3.91. The molecule has 0 amide bonds. The summed E-state index contributed by atoms with van der Waals surface area (Å²) in [5, 5.41) is 16.0. The Morgan fingerprint density at radius 3 is 2.43 bits per heavy atom. The molecule has 0 radical (unpaired) electrons. The van der Waals surface area contributed by atoms with Crippen molar-refractivity contribution >= 4 is 28.9 Å². The van der Waals surface area contributed by atoms with Gasteiger partial charge < -0.3 is 15.7 Å². The van der Waals surface area contributed by atoms with E-state index in [1.54, 1.807) is 32.0 Å². The van der Waals surface area contributed by atoms with Crippen molar-refractivity contribution in [3.05, 3.63) is 53.4 Å². The molecule has 0 aliphatic carbocycles. The molecule has 30 heavy (non-hydrogen) atoms. The van der Waals surface area contributed by atoms with Crippen LogP contribution in [0.15, 0.2) is 42.6 Å². The Labute approximate surface area is 175 Å². The minimum atomic E-state index is -4.57. The van der Waals surface area contributed by atoms with Crippen LogP contribution in [0.4, 0.5) is 30.5 Å². The van der Waals surface area contributed by atoms with Gasteiger partial charge in [0, 0.05) is 24.5 Å². The second kappa shape index (κ2) is 8.41. The van der Waals surface area contributed by atoms with E-state index in [4.69, 9.17) is 11.6 Å². The van der Waals surface area contributed by atoms with Gasteiger partial charge in [-0.3, -0.25) is 4.98 Å². The van der Waals surface area contributed by atoms with Crippen LogP contribution in [0.2, 0.25) is 5.15 Å². The maximum absolute atomic E-state index is 12.9. The van der Waals surface area contributed by atoms with Gasteiger partial charge in [-0.15, -0.1) is 0 Å². The lowest BCUT2D eigenvalue weighted by Crippen LogP contribution is -2.29. The zero-order valence-electron chi connectivity index (χ0n) is 16.0. The highest BCUT2D eigenvalue weighted by Gasteiger charge is 2.32. The lowest BCUT2D eigenvalue weighted by molar-refractivity contribution is -0.141. The molecule has 11 heteroatoms. The summed E-state index contributed by atoms with van der Waals surface area (Å²) in [6, 6.07) is 8.70. The highest BCUT2D eigenvalue weighted by Crippen LogP contribution is 2.30. The van der Waals surface area contributed by atoms with Gasteiger partial charge in [0.25, 0.3) is 0 Å². The fraction of sp³-hybridized carbons (Fsp3) is 0.263. The zero-order valence-corrected chi connectivity index (χ0v) is 16.8. The summed E-state index contributed by atoms with van der Waals surface area (Å²) in [4.78, 5) is 16.2. The molecule has 0 aliphatic rings. The predicted octanol–water partition coefficient (Wildman–Crippen LogP) is 4.53. The summed E-state index contributed by atoms with van der Waals surface area (Å²) in [5.41, 5.74) is -1.52. The minimum Gasteiger partial charge on any atom is -0.389 e. The number of nitrogens with one attached hydrogen (secondary N) is 2. The number of nitrogens with zero attached hydrogens (tertiary/aromatic N) is 4. The normalized spacial score (nSPS) is 12.0. The Bertz CT molecular complexity index is 1040. The molecule has 0 unspecified atom stereocenters. The smallest absolute Gasteiger partial charge is 0.389 e. The van der Waals surface area contributed by atoms with E-state index in [0.717, 1.165) is 12.3 Å². The van der Waals surface area contributed by atoms with E-state index in [0.29, 0.717) is 11.5 Å². The largest absolute Gasteiger partial charge is 0.433 e. The first kappa shape index (κ1) is 21.7. The average molecular weight is 439 g/mol. The van der Waals surface area contributed by atoms with Crippen LogP contribution in [-0.4, -0.2) is 37.2 Å². The molecule has 3 rings (SSSR count). The van der Waals surface area contributed by atoms with Crippen molar-refractivity contribution in [1.82, 2.24) is 19.9 Å². The van der Waals surface area contributed by atoms with Crippen LogP contribution < -0.4 is 10.6 Å². The molecule has 0 atom stereocenters. The lowest BCUT2D eigenvalue weighted by Gasteiger charge is -2.19. The van der Waals surface area contributed by atoms with Gasteiger partial charge in [-0.1, -0.05) is 17.7 Å². The molecule has 0 saturated carbocycles. The number of hydrogen-bond donors (Lipinski definition) is 3. The summed E-state index contributed by atoms with van der Waals surface area (Å²) in [5.74, 6) is 0.765. The van der Waals surface area contributed by atoms with E-state index >= 15 is 0 Å². The second-order valence-corrected chi connectivity index (χ2v) is 7.41. The van der Waals surface area contributed by atoms with E-state index in [-0.39, 0.29) is 29.0 Å². The summed E-state index contributed by atoms with van der Waals surface area (Å²) < 4.78 is 38.8. The number of aliphatic hydroxyl groups is 1. The van der Waals surface area contributed by atoms with Crippen molar-refractivity contribution in [3.63, 3.8) is 0 Å². The maximum atomic E-state index is 12.9. The number of pyridine rings is 2. The van der Waals surface area contributed by atoms with Crippen LogP contribution in [-0.2, 0) is 6.18 Å². The van der Waals surface area contributed by atoms with Gasteiger partial charge in [0.05, 0.1) is 5.60 Å². The Balaban J connectivity index is 1.97. The first-order valence-electron chi connectivity index (χ1n) is 8.78. The number of anilines is 3. The molecule has 0 aliphatic heterocycles. The monoisotopic (exact) mass is 438 g/mol. The zero-order chi connectivity index (χ0) is 21.9. The predicted molar refractivity (Wildman–Crippen MR) is 108 cm³/mol. The van der Waals surface area contributed by atoms with Crippen molar-refractivity contribution in [2.45, 2.75) is 25.6 Å². The lowest BCUT2D eigenvalue weighted by atomic mass is 10.1. The van der Waals surface area contributed by atoms with E-state index in [1.807, 2.05) is 0 Å². The molecule has 3 heterocycles. The highest BCUT2D eigenvalue weighted by atomic mass is 35.5. The molecule has 0 fully saturated rings. The fourth-order valence-electron chi connectivity index (χ4n) is 2.37. The third-order valence-electron chi connectivity index (χ3n) is 3.70. The van der Waals surface area contributed by atoms with Gasteiger partial charge in [0.1, 0.15) is 28.2 Å². The summed E-state index contributed by atoms with van der Waals surface area (Å²) in [6.07, 6.45) is -3.52. The molecule has 3 aromatic heterocycles. The highest BCUT2D eigenvalue weighted by molar-refractivity contribution is 6.29. The van der Waals surface area contributed by atoms with Crippen LogP contribution in [0.5, 0.6) is 0 Å². The maximum Gasteiger partial charge on any atom is 0.433 e. The number of halogens is 4. The number of rotatable bonds is 6. The topological polar surface area (TPSA) is 95.8 Å². The first-order chi connectivity index (χ1) is 14.0. The van der Waals surface area contributed by atoms with Gasteiger partial charge in [0.2, 0.25) is 0 Å². The number of alkyl halides is 3. The van der Waals surface area contributed by atoms with E-state index in [1.165, 1.54) is 12.1 Å². The Kier molecular flexibility index (Phi) is 6.09. The van der Waals surface area contributed by atoms with Crippen LogP contribution in [0, 0.1) is 0 Å². The van der Waals surface area contributed by atoms with Crippen LogP contribution >= 0.6 is 11.6 Å². The molecule has 158 valence electrons. The van der Waals surface area contributed by atoms with Crippen LogP contribution in [0.1, 0.15) is 19.5 Å². The molecule has 7 nitrogen and oxygen atoms in total. The van der Waals surface area contributed by atoms with Gasteiger partial charge in [-0.25, -0.2) is 15.0 Å². The summed E-state index contributed by atoms with van der Waals surface area (Å²) in [6.45, 7) is 3.42. The average Bonchev–Trinajstić information content (AvgIpc) is 2.65. The third kappa shape index (κ3) is 6.01. The van der Waals surface area contributed by atoms with Gasteiger partial charge >= 0.3 is 6.18 Å².